The molecule has 0 aromatic carbocycles. The summed E-state index contributed by atoms with van der Waals surface area (Å²) in [6.07, 6.45) is -3.42. The van der Waals surface area contributed by atoms with E-state index in [2.05, 4.69) is 27.5 Å². The van der Waals surface area contributed by atoms with Gasteiger partial charge in [-0.3, -0.25) is 0 Å². The molecule has 2 atom stereocenters. The second-order valence-corrected chi connectivity index (χ2v) is 4.56. The zero-order valence-corrected chi connectivity index (χ0v) is 10.2. The minimum atomic E-state index is -4.53. The molecule has 0 amide bonds. The van der Waals surface area contributed by atoms with Crippen molar-refractivity contribution < 1.29 is 13.2 Å². The van der Waals surface area contributed by atoms with Crippen molar-refractivity contribution in [2.45, 2.75) is 19.5 Å². The van der Waals surface area contributed by atoms with Gasteiger partial charge >= 0.3 is 6.18 Å². The average Bonchev–Trinajstić information content (AvgIpc) is 3.01. The van der Waals surface area contributed by atoms with E-state index in [1.54, 1.807) is 0 Å². The van der Waals surface area contributed by atoms with Crippen LogP contribution < -0.4 is 10.6 Å². The summed E-state index contributed by atoms with van der Waals surface area (Å²) in [5.74, 6) is 0.419. The summed E-state index contributed by atoms with van der Waals surface area (Å²) in [5.41, 5.74) is 0. The third-order valence-corrected chi connectivity index (χ3v) is 3.06. The lowest BCUT2D eigenvalue weighted by atomic mass is 10.3. The average molecular weight is 260 g/mol. The molecule has 1 saturated carbocycles. The van der Waals surface area contributed by atoms with Crippen LogP contribution in [0, 0.1) is 11.8 Å². The zero-order chi connectivity index (χ0) is 13.3. The molecule has 2 unspecified atom stereocenters. The lowest BCUT2D eigenvalue weighted by Gasteiger charge is -2.11. The maximum Gasteiger partial charge on any atom is 0.451 e. The van der Waals surface area contributed by atoms with Gasteiger partial charge in [0.05, 0.1) is 0 Å². The van der Waals surface area contributed by atoms with Crippen LogP contribution in [0.2, 0.25) is 0 Å². The van der Waals surface area contributed by atoms with Gasteiger partial charge in [-0.05, 0) is 18.3 Å². The summed E-state index contributed by atoms with van der Waals surface area (Å²) in [4.78, 5) is 6.88. The van der Waals surface area contributed by atoms with E-state index < -0.39 is 12.0 Å². The standard InChI is InChI=1S/C11H15F3N4/c1-6-3-7(6)5-16-9-4-8(15-2)17-10(18-9)11(12,13)14/h4,6-7H,3,5H2,1-2H3,(H2,15,16,17,18). The van der Waals surface area contributed by atoms with Crippen LogP contribution in [0.1, 0.15) is 19.2 Å². The first-order valence-corrected chi connectivity index (χ1v) is 5.78. The number of hydrogen-bond donors (Lipinski definition) is 2. The Balaban J connectivity index is 2.13. The smallest absolute Gasteiger partial charge is 0.373 e. The SMILES string of the molecule is CNc1cc(NCC2CC2C)nc(C(F)(F)F)n1. The fraction of sp³-hybridized carbons (Fsp3) is 0.636. The highest BCUT2D eigenvalue weighted by atomic mass is 19.4. The molecular weight excluding hydrogens is 245 g/mol. The number of alkyl halides is 3. The Bertz CT molecular complexity index is 433. The molecule has 100 valence electrons. The van der Waals surface area contributed by atoms with Crippen molar-refractivity contribution in [3.05, 3.63) is 11.9 Å². The first-order chi connectivity index (χ1) is 8.40. The highest BCUT2D eigenvalue weighted by Crippen LogP contribution is 2.37. The number of halogens is 3. The number of aromatic nitrogens is 2. The lowest BCUT2D eigenvalue weighted by Crippen LogP contribution is -2.15. The fourth-order valence-corrected chi connectivity index (χ4v) is 1.71. The van der Waals surface area contributed by atoms with Crippen molar-refractivity contribution in [2.24, 2.45) is 11.8 Å². The summed E-state index contributed by atoms with van der Waals surface area (Å²) in [6, 6.07) is 1.47. The Kier molecular flexibility index (Phi) is 3.32. The number of rotatable bonds is 4. The van der Waals surface area contributed by atoms with E-state index in [-0.39, 0.29) is 11.6 Å². The molecule has 18 heavy (non-hydrogen) atoms. The molecule has 1 fully saturated rings. The molecule has 0 bridgehead atoms. The van der Waals surface area contributed by atoms with Crippen molar-refractivity contribution in [3.8, 4) is 0 Å². The lowest BCUT2D eigenvalue weighted by molar-refractivity contribution is -0.144. The van der Waals surface area contributed by atoms with E-state index in [0.29, 0.717) is 18.4 Å². The van der Waals surface area contributed by atoms with Gasteiger partial charge < -0.3 is 10.6 Å². The van der Waals surface area contributed by atoms with Gasteiger partial charge in [-0.2, -0.15) is 13.2 Å². The predicted octanol–water partition coefficient (Wildman–Crippen LogP) is 2.61. The van der Waals surface area contributed by atoms with Crippen molar-refractivity contribution in [1.29, 1.82) is 0 Å². The summed E-state index contributed by atoms with van der Waals surface area (Å²) >= 11 is 0. The number of nitrogens with zero attached hydrogens (tertiary/aromatic N) is 2. The summed E-state index contributed by atoms with van der Waals surface area (Å²) in [6.45, 7) is 2.77. The number of hydrogen-bond acceptors (Lipinski definition) is 4. The highest BCUT2D eigenvalue weighted by Gasteiger charge is 2.36. The Labute approximate surface area is 103 Å². The molecule has 0 saturated heterocycles. The van der Waals surface area contributed by atoms with Gasteiger partial charge in [0.25, 0.3) is 0 Å². The predicted molar refractivity (Wildman–Crippen MR) is 62.3 cm³/mol. The molecule has 2 rings (SSSR count). The van der Waals surface area contributed by atoms with Crippen LogP contribution in [0.25, 0.3) is 0 Å². The van der Waals surface area contributed by atoms with E-state index >= 15 is 0 Å². The molecular formula is C11H15F3N4. The van der Waals surface area contributed by atoms with Gasteiger partial charge in [-0.25, -0.2) is 9.97 Å². The van der Waals surface area contributed by atoms with Crippen LogP contribution in [0.4, 0.5) is 24.8 Å². The van der Waals surface area contributed by atoms with Gasteiger partial charge in [0.15, 0.2) is 0 Å². The van der Waals surface area contributed by atoms with Crippen LogP contribution in [-0.2, 0) is 6.18 Å². The fourth-order valence-electron chi connectivity index (χ4n) is 1.71. The second kappa shape index (κ2) is 4.62. The summed E-state index contributed by atoms with van der Waals surface area (Å²) in [5, 5.41) is 5.53. The van der Waals surface area contributed by atoms with E-state index in [4.69, 9.17) is 0 Å². The molecule has 2 N–H and O–H groups in total. The zero-order valence-electron chi connectivity index (χ0n) is 10.2. The largest absolute Gasteiger partial charge is 0.451 e. The normalized spacial score (nSPS) is 22.7. The van der Waals surface area contributed by atoms with Crippen molar-refractivity contribution in [1.82, 2.24) is 9.97 Å². The molecule has 4 nitrogen and oxygen atoms in total. The first-order valence-electron chi connectivity index (χ1n) is 5.78. The molecule has 7 heteroatoms. The van der Waals surface area contributed by atoms with Gasteiger partial charge in [0.2, 0.25) is 5.82 Å². The van der Waals surface area contributed by atoms with Crippen LogP contribution in [0.15, 0.2) is 6.07 Å². The molecule has 1 aliphatic rings. The second-order valence-electron chi connectivity index (χ2n) is 4.56. The Morgan fingerprint density at radius 2 is 1.94 bits per heavy atom. The minimum absolute atomic E-state index is 0.156. The number of anilines is 2. The highest BCUT2D eigenvalue weighted by molar-refractivity contribution is 5.47. The molecule has 1 aliphatic carbocycles. The molecule has 1 aromatic heterocycles. The molecule has 1 aromatic rings. The van der Waals surface area contributed by atoms with Crippen molar-refractivity contribution >= 4 is 11.6 Å². The van der Waals surface area contributed by atoms with Crippen LogP contribution in [0.5, 0.6) is 0 Å². The molecule has 0 spiro atoms. The minimum Gasteiger partial charge on any atom is -0.373 e. The van der Waals surface area contributed by atoms with Crippen molar-refractivity contribution in [3.63, 3.8) is 0 Å². The van der Waals surface area contributed by atoms with E-state index in [1.165, 1.54) is 13.1 Å². The quantitative estimate of drug-likeness (QED) is 0.873. The summed E-state index contributed by atoms with van der Waals surface area (Å²) < 4.78 is 37.7. The Morgan fingerprint density at radius 3 is 2.44 bits per heavy atom. The molecule has 0 aliphatic heterocycles. The van der Waals surface area contributed by atoms with E-state index in [1.807, 2.05) is 0 Å². The van der Waals surface area contributed by atoms with E-state index in [0.717, 1.165) is 6.42 Å². The topological polar surface area (TPSA) is 49.8 Å². The van der Waals surface area contributed by atoms with Crippen LogP contribution in [-0.4, -0.2) is 23.6 Å². The van der Waals surface area contributed by atoms with Crippen LogP contribution >= 0.6 is 0 Å². The Hall–Kier alpha value is -1.53. The van der Waals surface area contributed by atoms with Gasteiger partial charge in [0, 0.05) is 19.7 Å². The molecule has 0 radical (unpaired) electrons. The molecule has 1 heterocycles. The third kappa shape index (κ3) is 3.02. The maximum absolute atomic E-state index is 12.6. The van der Waals surface area contributed by atoms with Gasteiger partial charge in [-0.1, -0.05) is 6.92 Å². The third-order valence-electron chi connectivity index (χ3n) is 3.06. The van der Waals surface area contributed by atoms with Crippen molar-refractivity contribution in [2.75, 3.05) is 24.2 Å². The monoisotopic (exact) mass is 260 g/mol. The van der Waals surface area contributed by atoms with Gasteiger partial charge in [-0.15, -0.1) is 0 Å². The van der Waals surface area contributed by atoms with E-state index in [9.17, 15) is 13.2 Å². The first kappa shape index (κ1) is 12.9. The maximum atomic E-state index is 12.6. The number of nitrogens with one attached hydrogen (secondary N) is 2. The van der Waals surface area contributed by atoms with Crippen LogP contribution in [0.3, 0.4) is 0 Å². The van der Waals surface area contributed by atoms with Gasteiger partial charge in [0.1, 0.15) is 11.6 Å². The Morgan fingerprint density at radius 1 is 1.33 bits per heavy atom. The summed E-state index contributed by atoms with van der Waals surface area (Å²) in [7, 11) is 1.52.